The van der Waals surface area contributed by atoms with Crippen LogP contribution in [0.25, 0.3) is 0 Å². The zero-order valence-corrected chi connectivity index (χ0v) is 16.0. The molecule has 0 aromatic rings. The summed E-state index contributed by atoms with van der Waals surface area (Å²) in [5.41, 5.74) is -0.304. The minimum absolute atomic E-state index is 0.304. The summed E-state index contributed by atoms with van der Waals surface area (Å²) in [6.07, 6.45) is 13.7. The van der Waals surface area contributed by atoms with Crippen molar-refractivity contribution < 1.29 is 13.6 Å². The second-order valence-corrected chi connectivity index (χ2v) is 7.40. The fourth-order valence-electron chi connectivity index (χ4n) is 2.87. The van der Waals surface area contributed by atoms with Gasteiger partial charge in [-0.05, 0) is 19.8 Å². The van der Waals surface area contributed by atoms with Crippen molar-refractivity contribution in [3.8, 4) is 0 Å². The van der Waals surface area contributed by atoms with E-state index in [1.165, 1.54) is 51.4 Å². The maximum absolute atomic E-state index is 11.8. The lowest BCUT2D eigenvalue weighted by atomic mass is 9.88. The quantitative estimate of drug-likeness (QED) is 0.308. The molecular formula is C17H36N2O3S. The molecule has 138 valence electrons. The van der Waals surface area contributed by atoms with Crippen LogP contribution in [0.2, 0.25) is 0 Å². The van der Waals surface area contributed by atoms with Gasteiger partial charge >= 0.3 is 6.03 Å². The Morgan fingerprint density at radius 1 is 0.913 bits per heavy atom. The first-order valence-electron chi connectivity index (χ1n) is 9.13. The van der Waals surface area contributed by atoms with E-state index in [-0.39, 0.29) is 5.54 Å². The molecule has 0 spiro atoms. The number of carbonyl (C=O) groups is 1. The van der Waals surface area contributed by atoms with E-state index in [4.69, 9.17) is 4.55 Å². The maximum Gasteiger partial charge on any atom is 0.328 e. The Kier molecular flexibility index (Phi) is 13.4. The molecule has 1 unspecified atom stereocenters. The van der Waals surface area contributed by atoms with E-state index < -0.39 is 17.3 Å². The SMILES string of the molecule is CCCCCCCC(C)(CCCCCCC)NC(=O)NS(=O)O. The molecule has 0 fully saturated rings. The lowest BCUT2D eigenvalue weighted by molar-refractivity contribution is 0.223. The van der Waals surface area contributed by atoms with Gasteiger partial charge in [0.15, 0.2) is 0 Å². The number of hydrogen-bond donors (Lipinski definition) is 3. The normalized spacial score (nSPS) is 12.9. The van der Waals surface area contributed by atoms with Gasteiger partial charge in [-0.2, -0.15) is 0 Å². The van der Waals surface area contributed by atoms with E-state index in [1.54, 1.807) is 0 Å². The second kappa shape index (κ2) is 13.8. The summed E-state index contributed by atoms with van der Waals surface area (Å²) in [6, 6.07) is -0.560. The van der Waals surface area contributed by atoms with Gasteiger partial charge in [0, 0.05) is 5.54 Å². The summed E-state index contributed by atoms with van der Waals surface area (Å²) < 4.78 is 21.5. The Morgan fingerprint density at radius 2 is 1.35 bits per heavy atom. The predicted molar refractivity (Wildman–Crippen MR) is 97.6 cm³/mol. The Bertz CT molecular complexity index is 324. The van der Waals surface area contributed by atoms with Gasteiger partial charge in [0.25, 0.3) is 11.3 Å². The number of hydrogen-bond acceptors (Lipinski definition) is 2. The number of urea groups is 1. The van der Waals surface area contributed by atoms with Crippen molar-refractivity contribution in [1.29, 1.82) is 0 Å². The lowest BCUT2D eigenvalue weighted by Gasteiger charge is -2.31. The smallest absolute Gasteiger partial charge is 0.328 e. The summed E-state index contributed by atoms with van der Waals surface area (Å²) in [4.78, 5) is 11.8. The fourth-order valence-corrected chi connectivity index (χ4v) is 3.08. The highest BCUT2D eigenvalue weighted by atomic mass is 32.2. The first-order valence-corrected chi connectivity index (χ1v) is 10.2. The molecule has 1 atom stereocenters. The van der Waals surface area contributed by atoms with Crippen LogP contribution in [-0.4, -0.2) is 20.3 Å². The second-order valence-electron chi connectivity index (χ2n) is 6.69. The molecule has 0 aromatic carbocycles. The molecule has 0 aliphatic rings. The molecule has 23 heavy (non-hydrogen) atoms. The highest BCUT2D eigenvalue weighted by Gasteiger charge is 2.25. The van der Waals surface area contributed by atoms with Crippen molar-refractivity contribution >= 4 is 17.3 Å². The first-order chi connectivity index (χ1) is 10.9. The van der Waals surface area contributed by atoms with Crippen LogP contribution in [0.4, 0.5) is 4.79 Å². The van der Waals surface area contributed by atoms with E-state index >= 15 is 0 Å². The van der Waals surface area contributed by atoms with Crippen LogP contribution in [0.3, 0.4) is 0 Å². The molecule has 0 rings (SSSR count). The zero-order chi connectivity index (χ0) is 17.6. The molecule has 0 aromatic heterocycles. The van der Waals surface area contributed by atoms with Gasteiger partial charge in [-0.15, -0.1) is 0 Å². The maximum atomic E-state index is 11.8. The molecule has 2 amide bonds. The molecule has 0 saturated carbocycles. The van der Waals surface area contributed by atoms with E-state index in [9.17, 15) is 9.00 Å². The average molecular weight is 349 g/mol. The van der Waals surface area contributed by atoms with Gasteiger partial charge in [-0.1, -0.05) is 78.1 Å². The Balaban J connectivity index is 4.32. The number of rotatable bonds is 14. The summed E-state index contributed by atoms with van der Waals surface area (Å²) in [5, 5.41) is 2.90. The van der Waals surface area contributed by atoms with Crippen molar-refractivity contribution in [2.75, 3.05) is 0 Å². The fraction of sp³-hybridized carbons (Fsp3) is 0.941. The van der Waals surface area contributed by atoms with Crippen LogP contribution < -0.4 is 10.0 Å². The number of unbranched alkanes of at least 4 members (excludes halogenated alkanes) is 8. The van der Waals surface area contributed by atoms with Gasteiger partial charge in [0.2, 0.25) is 0 Å². The molecule has 0 bridgehead atoms. The number of carbonyl (C=O) groups excluding carboxylic acids is 1. The standard InChI is InChI=1S/C17H36N2O3S/c1-4-6-8-10-12-14-17(3,15-13-11-9-7-5-2)18-16(20)19-23(21)22/h4-15H2,1-3H3,(H,21,22)(H2,18,19,20). The van der Waals surface area contributed by atoms with E-state index in [0.717, 1.165) is 25.7 Å². The number of nitrogens with one attached hydrogen (secondary N) is 2. The van der Waals surface area contributed by atoms with Crippen molar-refractivity contribution in [1.82, 2.24) is 10.0 Å². The van der Waals surface area contributed by atoms with Crippen LogP contribution in [-0.2, 0) is 11.3 Å². The highest BCUT2D eigenvalue weighted by molar-refractivity contribution is 7.77. The van der Waals surface area contributed by atoms with Crippen LogP contribution in [0.5, 0.6) is 0 Å². The van der Waals surface area contributed by atoms with Gasteiger partial charge in [-0.3, -0.25) is 4.55 Å². The van der Waals surface area contributed by atoms with Crippen LogP contribution in [0, 0.1) is 0 Å². The van der Waals surface area contributed by atoms with Gasteiger partial charge in [0.1, 0.15) is 0 Å². The minimum atomic E-state index is -2.31. The highest BCUT2D eigenvalue weighted by Crippen LogP contribution is 2.23. The van der Waals surface area contributed by atoms with Gasteiger partial charge in [0.05, 0.1) is 0 Å². The molecule has 0 radical (unpaired) electrons. The molecule has 0 aliphatic carbocycles. The Morgan fingerprint density at radius 3 is 1.74 bits per heavy atom. The summed E-state index contributed by atoms with van der Waals surface area (Å²) in [5.74, 6) is 0. The monoisotopic (exact) mass is 348 g/mol. The molecule has 6 heteroatoms. The van der Waals surface area contributed by atoms with Gasteiger partial charge < -0.3 is 5.32 Å². The molecule has 0 saturated heterocycles. The third-order valence-corrected chi connectivity index (χ3v) is 4.62. The Hall–Kier alpha value is -0.620. The topological polar surface area (TPSA) is 78.4 Å². The molecule has 0 heterocycles. The van der Waals surface area contributed by atoms with Crippen LogP contribution in [0.1, 0.15) is 97.8 Å². The molecular weight excluding hydrogens is 312 g/mol. The Labute approximate surface area is 144 Å². The zero-order valence-electron chi connectivity index (χ0n) is 15.2. The minimum Gasteiger partial charge on any atom is -0.332 e. The molecule has 3 N–H and O–H groups in total. The van der Waals surface area contributed by atoms with E-state index in [2.05, 4.69) is 19.2 Å². The van der Waals surface area contributed by atoms with Crippen molar-refractivity contribution in [2.24, 2.45) is 0 Å². The van der Waals surface area contributed by atoms with E-state index in [1.807, 2.05) is 11.6 Å². The third kappa shape index (κ3) is 13.5. The summed E-state index contributed by atoms with van der Waals surface area (Å²) >= 11 is -2.31. The largest absolute Gasteiger partial charge is 0.332 e. The van der Waals surface area contributed by atoms with Crippen molar-refractivity contribution in [3.05, 3.63) is 0 Å². The van der Waals surface area contributed by atoms with Crippen LogP contribution in [0.15, 0.2) is 0 Å². The molecule has 0 aliphatic heterocycles. The third-order valence-electron chi connectivity index (χ3n) is 4.26. The predicted octanol–water partition coefficient (Wildman–Crippen LogP) is 4.90. The lowest BCUT2D eigenvalue weighted by Crippen LogP contribution is -2.50. The first kappa shape index (κ1) is 22.4. The van der Waals surface area contributed by atoms with Gasteiger partial charge in [-0.25, -0.2) is 13.7 Å². The van der Waals surface area contributed by atoms with Crippen LogP contribution >= 0.6 is 0 Å². The average Bonchev–Trinajstić information content (AvgIpc) is 2.46. The summed E-state index contributed by atoms with van der Waals surface area (Å²) in [6.45, 7) is 6.44. The summed E-state index contributed by atoms with van der Waals surface area (Å²) in [7, 11) is 0. The van der Waals surface area contributed by atoms with Crippen molar-refractivity contribution in [3.63, 3.8) is 0 Å². The molecule has 5 nitrogen and oxygen atoms in total. The number of amides is 2. The van der Waals surface area contributed by atoms with E-state index in [0.29, 0.717) is 0 Å². The van der Waals surface area contributed by atoms with Crippen molar-refractivity contribution in [2.45, 2.75) is 103 Å².